The van der Waals surface area contributed by atoms with E-state index >= 15 is 0 Å². The molecule has 0 spiro atoms. The number of aliphatic carboxylic acids is 2. The largest absolute Gasteiger partial charge is 0.481 e. The number of hydrogen-bond acceptors (Lipinski definition) is 2. The second kappa shape index (κ2) is 15.3. The van der Waals surface area contributed by atoms with Crippen molar-refractivity contribution in [2.75, 3.05) is 0 Å². The van der Waals surface area contributed by atoms with E-state index in [-0.39, 0.29) is 0 Å². The second-order valence-electron chi connectivity index (χ2n) is 5.69. The molecule has 0 atom stereocenters. The first kappa shape index (κ1) is 19.9. The molecular formula is C17H31O4. The van der Waals surface area contributed by atoms with Gasteiger partial charge in [0, 0.05) is 12.8 Å². The van der Waals surface area contributed by atoms with Gasteiger partial charge >= 0.3 is 11.9 Å². The number of rotatable bonds is 16. The molecule has 0 fully saturated rings. The van der Waals surface area contributed by atoms with Crippen LogP contribution in [0.25, 0.3) is 0 Å². The third-order valence-electron chi connectivity index (χ3n) is 3.60. The SMILES string of the molecule is O=C(O)CCCCCC[CH]CCCCCCCCC(=O)O. The number of carbonyl (C=O) groups is 2. The molecule has 0 rings (SSSR count). The van der Waals surface area contributed by atoms with Crippen LogP contribution >= 0.6 is 0 Å². The van der Waals surface area contributed by atoms with Crippen molar-refractivity contribution in [3.8, 4) is 0 Å². The van der Waals surface area contributed by atoms with Crippen molar-refractivity contribution in [1.82, 2.24) is 0 Å². The topological polar surface area (TPSA) is 74.6 Å². The van der Waals surface area contributed by atoms with Crippen LogP contribution in [-0.2, 0) is 9.59 Å². The molecule has 0 aromatic rings. The lowest BCUT2D eigenvalue weighted by Gasteiger charge is -2.02. The molecule has 21 heavy (non-hydrogen) atoms. The van der Waals surface area contributed by atoms with Gasteiger partial charge in [0.25, 0.3) is 0 Å². The van der Waals surface area contributed by atoms with Gasteiger partial charge in [-0.3, -0.25) is 9.59 Å². The Hall–Kier alpha value is -1.06. The number of carboxylic acids is 2. The molecule has 2 N–H and O–H groups in total. The zero-order chi connectivity index (χ0) is 15.8. The van der Waals surface area contributed by atoms with Gasteiger partial charge in [0.1, 0.15) is 0 Å². The molecule has 0 saturated carbocycles. The summed E-state index contributed by atoms with van der Waals surface area (Å²) in [6.07, 6.45) is 16.1. The molecule has 0 heterocycles. The maximum absolute atomic E-state index is 10.3. The van der Waals surface area contributed by atoms with Gasteiger partial charge < -0.3 is 10.2 Å². The zero-order valence-corrected chi connectivity index (χ0v) is 13.2. The molecule has 4 heteroatoms. The molecule has 4 nitrogen and oxygen atoms in total. The second-order valence-corrected chi connectivity index (χ2v) is 5.69. The molecule has 0 aliphatic carbocycles. The highest BCUT2D eigenvalue weighted by molar-refractivity contribution is 5.66. The summed E-state index contributed by atoms with van der Waals surface area (Å²) in [5.74, 6) is -1.38. The molecule has 1 radical (unpaired) electrons. The first-order valence-corrected chi connectivity index (χ1v) is 8.38. The van der Waals surface area contributed by atoms with Crippen LogP contribution in [0, 0.1) is 6.42 Å². The molecule has 0 saturated heterocycles. The van der Waals surface area contributed by atoms with Crippen LogP contribution in [0.3, 0.4) is 0 Å². The third-order valence-corrected chi connectivity index (χ3v) is 3.60. The van der Waals surface area contributed by atoms with E-state index in [0.29, 0.717) is 12.8 Å². The maximum Gasteiger partial charge on any atom is 0.303 e. The maximum atomic E-state index is 10.3. The molecule has 0 aromatic heterocycles. The van der Waals surface area contributed by atoms with E-state index in [9.17, 15) is 9.59 Å². The van der Waals surface area contributed by atoms with Crippen LogP contribution in [0.2, 0.25) is 0 Å². The molecular weight excluding hydrogens is 268 g/mol. The molecule has 0 aliphatic heterocycles. The van der Waals surface area contributed by atoms with Crippen molar-refractivity contribution in [3.63, 3.8) is 0 Å². The van der Waals surface area contributed by atoms with Gasteiger partial charge in [0.2, 0.25) is 0 Å². The van der Waals surface area contributed by atoms with Gasteiger partial charge in [0.15, 0.2) is 0 Å². The smallest absolute Gasteiger partial charge is 0.303 e. The molecule has 0 unspecified atom stereocenters. The van der Waals surface area contributed by atoms with Crippen LogP contribution in [0.5, 0.6) is 0 Å². The minimum atomic E-state index is -0.690. The van der Waals surface area contributed by atoms with Gasteiger partial charge in [-0.2, -0.15) is 0 Å². The Balaban J connectivity index is 2.99. The highest BCUT2D eigenvalue weighted by Crippen LogP contribution is 2.12. The number of carboxylic acid groups (broad SMARTS) is 2. The summed E-state index contributed by atoms with van der Waals surface area (Å²) >= 11 is 0. The van der Waals surface area contributed by atoms with E-state index in [4.69, 9.17) is 10.2 Å². The fourth-order valence-electron chi connectivity index (χ4n) is 2.33. The molecule has 0 aliphatic rings. The van der Waals surface area contributed by atoms with Crippen molar-refractivity contribution in [1.29, 1.82) is 0 Å². The Morgan fingerprint density at radius 3 is 1.29 bits per heavy atom. The van der Waals surface area contributed by atoms with Gasteiger partial charge in [-0.05, 0) is 19.3 Å². The van der Waals surface area contributed by atoms with Gasteiger partial charge in [0.05, 0.1) is 0 Å². The Morgan fingerprint density at radius 2 is 0.905 bits per heavy atom. The summed E-state index contributed by atoms with van der Waals surface area (Å²) < 4.78 is 0. The van der Waals surface area contributed by atoms with Gasteiger partial charge in [-0.15, -0.1) is 0 Å². The zero-order valence-electron chi connectivity index (χ0n) is 13.2. The van der Waals surface area contributed by atoms with E-state index in [1.54, 1.807) is 0 Å². The summed E-state index contributed by atoms with van der Waals surface area (Å²) in [5, 5.41) is 17.0. The summed E-state index contributed by atoms with van der Waals surface area (Å²) in [7, 11) is 0. The van der Waals surface area contributed by atoms with E-state index in [1.807, 2.05) is 0 Å². The van der Waals surface area contributed by atoms with Gasteiger partial charge in [-0.1, -0.05) is 64.2 Å². The Morgan fingerprint density at radius 1 is 0.571 bits per heavy atom. The minimum absolute atomic E-state index is 0.302. The van der Waals surface area contributed by atoms with Crippen LogP contribution in [0.15, 0.2) is 0 Å². The lowest BCUT2D eigenvalue weighted by molar-refractivity contribution is -0.138. The molecule has 123 valence electrons. The lowest BCUT2D eigenvalue weighted by atomic mass is 10.0. The van der Waals surface area contributed by atoms with E-state index in [2.05, 4.69) is 6.42 Å². The summed E-state index contributed by atoms with van der Waals surface area (Å²) in [4.78, 5) is 20.6. The van der Waals surface area contributed by atoms with Crippen LogP contribution in [0.4, 0.5) is 0 Å². The summed E-state index contributed by atoms with van der Waals surface area (Å²) in [6.45, 7) is 0. The highest BCUT2D eigenvalue weighted by atomic mass is 16.4. The highest BCUT2D eigenvalue weighted by Gasteiger charge is 1.98. The van der Waals surface area contributed by atoms with E-state index < -0.39 is 11.9 Å². The van der Waals surface area contributed by atoms with Crippen LogP contribution in [0.1, 0.15) is 89.9 Å². The minimum Gasteiger partial charge on any atom is -0.481 e. The summed E-state index contributed by atoms with van der Waals surface area (Å²) in [5.41, 5.74) is 0. The molecule has 0 bridgehead atoms. The van der Waals surface area contributed by atoms with Crippen molar-refractivity contribution < 1.29 is 19.8 Å². The number of unbranched alkanes of at least 4 members (excludes halogenated alkanes) is 12. The van der Waals surface area contributed by atoms with Crippen molar-refractivity contribution in [2.45, 2.75) is 89.9 Å². The monoisotopic (exact) mass is 299 g/mol. The van der Waals surface area contributed by atoms with Crippen LogP contribution in [-0.4, -0.2) is 22.2 Å². The average molecular weight is 299 g/mol. The molecule has 0 amide bonds. The summed E-state index contributed by atoms with van der Waals surface area (Å²) in [6, 6.07) is 0. The average Bonchev–Trinajstić information content (AvgIpc) is 2.42. The van der Waals surface area contributed by atoms with Crippen molar-refractivity contribution in [2.24, 2.45) is 0 Å². The first-order chi connectivity index (χ1) is 10.1. The van der Waals surface area contributed by atoms with Gasteiger partial charge in [-0.25, -0.2) is 0 Å². The Labute approximate surface area is 128 Å². The predicted molar refractivity (Wildman–Crippen MR) is 84.2 cm³/mol. The lowest BCUT2D eigenvalue weighted by Crippen LogP contribution is -1.93. The van der Waals surface area contributed by atoms with Crippen LogP contribution < -0.4 is 0 Å². The first-order valence-electron chi connectivity index (χ1n) is 8.38. The standard InChI is InChI=1S/C17H31O4/c18-16(19)14-12-10-8-6-4-2-1-3-5-7-9-11-13-15-17(20)21/h2H,1,3-15H2,(H,18,19)(H,20,21). The predicted octanol–water partition coefficient (Wildman–Crippen LogP) is 4.82. The quantitative estimate of drug-likeness (QED) is 0.401. The van der Waals surface area contributed by atoms with Crippen molar-refractivity contribution in [3.05, 3.63) is 6.42 Å². The van der Waals surface area contributed by atoms with E-state index in [1.165, 1.54) is 32.1 Å². The molecule has 0 aromatic carbocycles. The van der Waals surface area contributed by atoms with E-state index in [0.717, 1.165) is 44.9 Å². The fourth-order valence-corrected chi connectivity index (χ4v) is 2.33. The Bertz CT molecular complexity index is 238. The fraction of sp³-hybridized carbons (Fsp3) is 0.824. The Kier molecular flexibility index (Phi) is 14.6. The normalized spacial score (nSPS) is 10.7. The number of hydrogen-bond donors (Lipinski definition) is 2. The van der Waals surface area contributed by atoms with Crippen molar-refractivity contribution >= 4 is 11.9 Å². The third kappa shape index (κ3) is 18.9.